The molecule has 100 valence electrons. The summed E-state index contributed by atoms with van der Waals surface area (Å²) in [6.45, 7) is 4.37. The Balaban J connectivity index is 1.73. The highest BCUT2D eigenvalue weighted by molar-refractivity contribution is 5.28. The van der Waals surface area contributed by atoms with E-state index in [-0.39, 0.29) is 6.10 Å². The molecule has 0 aliphatic carbocycles. The number of ether oxygens (including phenoxy) is 1. The van der Waals surface area contributed by atoms with Gasteiger partial charge in [0, 0.05) is 19.5 Å². The standard InChI is InChI=1S/C14H17N3O2/c1-10-4-2-3-5-11(10)8-13-16-14(19-17-13)12-9-15-6-7-18-12/h2-5,12,15H,6-9H2,1H3. The Labute approximate surface area is 112 Å². The van der Waals surface area contributed by atoms with Gasteiger partial charge in [-0.15, -0.1) is 0 Å². The first-order valence-corrected chi connectivity index (χ1v) is 6.52. The van der Waals surface area contributed by atoms with Crippen molar-refractivity contribution in [3.05, 3.63) is 47.1 Å². The van der Waals surface area contributed by atoms with Crippen molar-refractivity contribution in [1.29, 1.82) is 0 Å². The van der Waals surface area contributed by atoms with Crippen molar-refractivity contribution in [3.63, 3.8) is 0 Å². The van der Waals surface area contributed by atoms with Gasteiger partial charge in [0.15, 0.2) is 5.82 Å². The molecule has 5 nitrogen and oxygen atoms in total. The molecule has 1 fully saturated rings. The fraction of sp³-hybridized carbons (Fsp3) is 0.429. The second-order valence-corrected chi connectivity index (χ2v) is 4.72. The average Bonchev–Trinajstić information content (AvgIpc) is 2.91. The topological polar surface area (TPSA) is 60.2 Å². The average molecular weight is 259 g/mol. The third kappa shape index (κ3) is 2.83. The number of hydrogen-bond donors (Lipinski definition) is 1. The summed E-state index contributed by atoms with van der Waals surface area (Å²) in [7, 11) is 0. The Hall–Kier alpha value is -1.72. The van der Waals surface area contributed by atoms with Gasteiger partial charge in [0.25, 0.3) is 5.89 Å². The fourth-order valence-corrected chi connectivity index (χ4v) is 2.17. The lowest BCUT2D eigenvalue weighted by molar-refractivity contribution is 0.00755. The van der Waals surface area contributed by atoms with Crippen LogP contribution >= 0.6 is 0 Å². The number of hydrogen-bond acceptors (Lipinski definition) is 5. The second kappa shape index (κ2) is 5.50. The van der Waals surface area contributed by atoms with E-state index in [0.717, 1.165) is 13.1 Å². The largest absolute Gasteiger partial charge is 0.366 e. The van der Waals surface area contributed by atoms with Gasteiger partial charge in [0.05, 0.1) is 6.61 Å². The molecule has 1 unspecified atom stereocenters. The molecule has 2 aromatic rings. The van der Waals surface area contributed by atoms with E-state index in [0.29, 0.717) is 24.7 Å². The van der Waals surface area contributed by atoms with Crippen LogP contribution in [0.4, 0.5) is 0 Å². The number of nitrogens with zero attached hydrogens (tertiary/aromatic N) is 2. The first-order chi connectivity index (χ1) is 9.33. The lowest BCUT2D eigenvalue weighted by atomic mass is 10.1. The molecule has 1 saturated heterocycles. The van der Waals surface area contributed by atoms with E-state index >= 15 is 0 Å². The zero-order valence-corrected chi connectivity index (χ0v) is 10.9. The summed E-state index contributed by atoms with van der Waals surface area (Å²) in [6.07, 6.45) is 0.572. The van der Waals surface area contributed by atoms with Gasteiger partial charge in [-0.3, -0.25) is 0 Å². The minimum absolute atomic E-state index is 0.119. The molecule has 1 atom stereocenters. The molecule has 3 rings (SSSR count). The second-order valence-electron chi connectivity index (χ2n) is 4.72. The highest BCUT2D eigenvalue weighted by Gasteiger charge is 2.22. The molecule has 0 amide bonds. The van der Waals surface area contributed by atoms with Crippen molar-refractivity contribution in [2.45, 2.75) is 19.4 Å². The quantitative estimate of drug-likeness (QED) is 0.907. The number of benzene rings is 1. The van der Waals surface area contributed by atoms with Crippen LogP contribution in [-0.2, 0) is 11.2 Å². The number of nitrogens with one attached hydrogen (secondary N) is 1. The summed E-state index contributed by atoms with van der Waals surface area (Å²) in [6, 6.07) is 8.23. The third-order valence-corrected chi connectivity index (χ3v) is 3.30. The highest BCUT2D eigenvalue weighted by Crippen LogP contribution is 2.18. The third-order valence-electron chi connectivity index (χ3n) is 3.30. The van der Waals surface area contributed by atoms with Crippen LogP contribution in [0, 0.1) is 6.92 Å². The number of morpholine rings is 1. The minimum atomic E-state index is -0.119. The van der Waals surface area contributed by atoms with Crippen LogP contribution in [0.5, 0.6) is 0 Å². The molecule has 1 aromatic carbocycles. The van der Waals surface area contributed by atoms with Crippen molar-refractivity contribution >= 4 is 0 Å². The van der Waals surface area contributed by atoms with E-state index in [1.54, 1.807) is 0 Å². The predicted octanol–water partition coefficient (Wildman–Crippen LogP) is 1.63. The first kappa shape index (κ1) is 12.3. The molecule has 0 bridgehead atoms. The Morgan fingerprint density at radius 1 is 1.37 bits per heavy atom. The Morgan fingerprint density at radius 2 is 2.26 bits per heavy atom. The molecule has 5 heteroatoms. The molecule has 19 heavy (non-hydrogen) atoms. The molecule has 1 aromatic heterocycles. The highest BCUT2D eigenvalue weighted by atomic mass is 16.5. The molecule has 1 N–H and O–H groups in total. The maximum Gasteiger partial charge on any atom is 0.257 e. The van der Waals surface area contributed by atoms with Crippen LogP contribution in [0.15, 0.2) is 28.8 Å². The Morgan fingerprint density at radius 3 is 3.05 bits per heavy atom. The first-order valence-electron chi connectivity index (χ1n) is 6.52. The summed E-state index contributed by atoms with van der Waals surface area (Å²) in [5.74, 6) is 1.27. The van der Waals surface area contributed by atoms with E-state index in [9.17, 15) is 0 Å². The molecular weight excluding hydrogens is 242 g/mol. The molecular formula is C14H17N3O2. The van der Waals surface area contributed by atoms with Gasteiger partial charge in [0.2, 0.25) is 0 Å². The van der Waals surface area contributed by atoms with Gasteiger partial charge < -0.3 is 14.6 Å². The van der Waals surface area contributed by atoms with Gasteiger partial charge in [0.1, 0.15) is 6.10 Å². The zero-order valence-electron chi connectivity index (χ0n) is 10.9. The Kier molecular flexibility index (Phi) is 3.57. The van der Waals surface area contributed by atoms with Crippen molar-refractivity contribution in [2.75, 3.05) is 19.7 Å². The van der Waals surface area contributed by atoms with Crippen molar-refractivity contribution in [3.8, 4) is 0 Å². The normalized spacial score (nSPS) is 19.5. The van der Waals surface area contributed by atoms with Gasteiger partial charge in [-0.05, 0) is 18.1 Å². The monoisotopic (exact) mass is 259 g/mol. The van der Waals surface area contributed by atoms with E-state index in [1.165, 1.54) is 11.1 Å². The van der Waals surface area contributed by atoms with E-state index in [4.69, 9.17) is 9.26 Å². The van der Waals surface area contributed by atoms with Gasteiger partial charge in [-0.1, -0.05) is 29.4 Å². The summed E-state index contributed by atoms with van der Waals surface area (Å²) < 4.78 is 10.9. The van der Waals surface area contributed by atoms with E-state index in [2.05, 4.69) is 34.5 Å². The summed E-state index contributed by atoms with van der Waals surface area (Å²) >= 11 is 0. The molecule has 1 aliphatic rings. The summed E-state index contributed by atoms with van der Waals surface area (Å²) in [5.41, 5.74) is 2.46. The SMILES string of the molecule is Cc1ccccc1Cc1noc(C2CNCCO2)n1. The van der Waals surface area contributed by atoms with Gasteiger partial charge in [-0.25, -0.2) is 0 Å². The maximum absolute atomic E-state index is 5.59. The number of rotatable bonds is 3. The number of aryl methyl sites for hydroxylation is 1. The maximum atomic E-state index is 5.59. The molecule has 0 saturated carbocycles. The summed E-state index contributed by atoms with van der Waals surface area (Å²) in [4.78, 5) is 4.43. The molecule has 0 radical (unpaired) electrons. The van der Waals surface area contributed by atoms with Crippen LogP contribution in [0.2, 0.25) is 0 Å². The smallest absolute Gasteiger partial charge is 0.257 e. The molecule has 0 spiro atoms. The predicted molar refractivity (Wildman–Crippen MR) is 69.8 cm³/mol. The number of aromatic nitrogens is 2. The van der Waals surface area contributed by atoms with Crippen LogP contribution in [0.1, 0.15) is 28.9 Å². The van der Waals surface area contributed by atoms with Crippen molar-refractivity contribution in [1.82, 2.24) is 15.5 Å². The lowest BCUT2D eigenvalue weighted by Crippen LogP contribution is -2.33. The molecule has 1 aliphatic heterocycles. The van der Waals surface area contributed by atoms with Crippen LogP contribution < -0.4 is 5.32 Å². The zero-order chi connectivity index (χ0) is 13.1. The van der Waals surface area contributed by atoms with Crippen LogP contribution in [-0.4, -0.2) is 29.8 Å². The van der Waals surface area contributed by atoms with E-state index in [1.807, 2.05) is 12.1 Å². The minimum Gasteiger partial charge on any atom is -0.366 e. The van der Waals surface area contributed by atoms with Gasteiger partial charge in [-0.2, -0.15) is 4.98 Å². The summed E-state index contributed by atoms with van der Waals surface area (Å²) in [5, 5.41) is 7.28. The van der Waals surface area contributed by atoms with Crippen LogP contribution in [0.3, 0.4) is 0 Å². The van der Waals surface area contributed by atoms with E-state index < -0.39 is 0 Å². The molecule has 2 heterocycles. The fourth-order valence-electron chi connectivity index (χ4n) is 2.17. The van der Waals surface area contributed by atoms with Crippen LogP contribution in [0.25, 0.3) is 0 Å². The van der Waals surface area contributed by atoms with Crippen molar-refractivity contribution < 1.29 is 9.26 Å². The van der Waals surface area contributed by atoms with Gasteiger partial charge >= 0.3 is 0 Å². The van der Waals surface area contributed by atoms with Crippen molar-refractivity contribution in [2.24, 2.45) is 0 Å². The lowest BCUT2D eigenvalue weighted by Gasteiger charge is -2.19. The Bertz CT molecular complexity index is 547.